The number of tetrazole rings is 1. The number of hydrogen-bond acceptors (Lipinski definition) is 7. The Kier molecular flexibility index (Phi) is 3.58. The summed E-state index contributed by atoms with van der Waals surface area (Å²) in [5.41, 5.74) is 1.16. The molecule has 1 aromatic carbocycles. The number of H-pyrrole nitrogens is 1. The number of aromatic amines is 1. The fourth-order valence-corrected chi connectivity index (χ4v) is 2.99. The van der Waals surface area contributed by atoms with E-state index in [1.807, 2.05) is 30.3 Å². The molecule has 10 heteroatoms. The van der Waals surface area contributed by atoms with Crippen molar-refractivity contribution in [2.45, 2.75) is 10.9 Å². The van der Waals surface area contributed by atoms with Crippen LogP contribution >= 0.6 is 11.8 Å². The van der Waals surface area contributed by atoms with Crippen molar-refractivity contribution in [1.29, 1.82) is 0 Å². The third-order valence-corrected chi connectivity index (χ3v) is 4.43. The van der Waals surface area contributed by atoms with Crippen molar-refractivity contribution in [3.8, 4) is 5.69 Å². The molecule has 0 unspecified atom stereocenters. The topological polar surface area (TPSA) is 107 Å². The number of nitrogens with one attached hydrogen (secondary N) is 1. The van der Waals surface area contributed by atoms with Crippen LogP contribution in [-0.4, -0.2) is 40.0 Å². The summed E-state index contributed by atoms with van der Waals surface area (Å²) < 4.78 is 3.22. The predicted octanol–water partition coefficient (Wildman–Crippen LogP) is 0.925. The quantitative estimate of drug-likeness (QED) is 0.551. The van der Waals surface area contributed by atoms with Crippen molar-refractivity contribution in [3.63, 3.8) is 0 Å². The lowest BCUT2D eigenvalue weighted by Gasteiger charge is -2.04. The van der Waals surface area contributed by atoms with E-state index in [0.29, 0.717) is 27.8 Å². The summed E-state index contributed by atoms with van der Waals surface area (Å²) in [6, 6.07) is 9.57. The zero-order chi connectivity index (χ0) is 16.5. The minimum Gasteiger partial charge on any atom is -0.309 e. The van der Waals surface area contributed by atoms with Crippen LogP contribution in [0.25, 0.3) is 16.7 Å². The molecule has 3 aromatic heterocycles. The largest absolute Gasteiger partial charge is 0.309 e. The van der Waals surface area contributed by atoms with Crippen LogP contribution in [0.1, 0.15) is 5.82 Å². The summed E-state index contributed by atoms with van der Waals surface area (Å²) in [5, 5.41) is 16.6. The lowest BCUT2D eigenvalue weighted by atomic mass is 10.3. The second kappa shape index (κ2) is 5.89. The van der Waals surface area contributed by atoms with Gasteiger partial charge in [-0.15, -0.1) is 5.10 Å². The van der Waals surface area contributed by atoms with Gasteiger partial charge in [-0.2, -0.15) is 5.10 Å². The third-order valence-electron chi connectivity index (χ3n) is 3.41. The number of thioether (sulfide) groups is 1. The molecule has 0 radical (unpaired) electrons. The summed E-state index contributed by atoms with van der Waals surface area (Å²) in [7, 11) is 1.76. The maximum Gasteiger partial charge on any atom is 0.262 e. The Morgan fingerprint density at radius 1 is 1.25 bits per heavy atom. The highest BCUT2D eigenvalue weighted by atomic mass is 32.2. The molecule has 0 saturated carbocycles. The van der Waals surface area contributed by atoms with Crippen LogP contribution in [0, 0.1) is 0 Å². The van der Waals surface area contributed by atoms with Crippen LogP contribution in [0.2, 0.25) is 0 Å². The summed E-state index contributed by atoms with van der Waals surface area (Å²) >= 11 is 1.39. The first-order valence-corrected chi connectivity index (χ1v) is 8.08. The van der Waals surface area contributed by atoms with E-state index in [-0.39, 0.29) is 5.56 Å². The highest BCUT2D eigenvalue weighted by Gasteiger charge is 2.12. The van der Waals surface area contributed by atoms with Gasteiger partial charge in [-0.1, -0.05) is 30.0 Å². The fraction of sp³-hybridized carbons (Fsp3) is 0.143. The fourth-order valence-electron chi connectivity index (χ4n) is 2.27. The molecular weight excluding hydrogens is 328 g/mol. The molecule has 1 N–H and O–H groups in total. The molecule has 120 valence electrons. The minimum atomic E-state index is -0.214. The van der Waals surface area contributed by atoms with Gasteiger partial charge in [0.15, 0.2) is 5.65 Å². The van der Waals surface area contributed by atoms with Crippen LogP contribution in [0.5, 0.6) is 0 Å². The Balaban J connectivity index is 1.73. The Labute approximate surface area is 139 Å². The van der Waals surface area contributed by atoms with Crippen molar-refractivity contribution in [2.24, 2.45) is 7.05 Å². The molecule has 0 fully saturated rings. The summed E-state index contributed by atoms with van der Waals surface area (Å²) in [4.78, 5) is 19.6. The van der Waals surface area contributed by atoms with Gasteiger partial charge in [-0.3, -0.25) is 4.79 Å². The Morgan fingerprint density at radius 2 is 2.08 bits per heavy atom. The molecule has 0 aliphatic heterocycles. The van der Waals surface area contributed by atoms with Crippen LogP contribution < -0.4 is 5.56 Å². The Morgan fingerprint density at radius 3 is 2.83 bits per heavy atom. The summed E-state index contributed by atoms with van der Waals surface area (Å²) in [6.07, 6.45) is 1.53. The van der Waals surface area contributed by atoms with Crippen LogP contribution in [-0.2, 0) is 12.8 Å². The first-order chi connectivity index (χ1) is 11.7. The van der Waals surface area contributed by atoms with Crippen molar-refractivity contribution in [3.05, 3.63) is 52.7 Å². The lowest BCUT2D eigenvalue weighted by molar-refractivity contribution is 0.664. The number of para-hydroxylation sites is 1. The highest BCUT2D eigenvalue weighted by Crippen LogP contribution is 2.18. The Hall–Kier alpha value is -3.01. The number of nitrogens with zero attached hydrogens (tertiary/aromatic N) is 7. The van der Waals surface area contributed by atoms with Crippen molar-refractivity contribution in [2.75, 3.05) is 0 Å². The normalized spacial score (nSPS) is 11.2. The first kappa shape index (κ1) is 14.6. The minimum absolute atomic E-state index is 0.214. The third kappa shape index (κ3) is 2.56. The SMILES string of the molecule is Cn1nnnc1SCc1nc2c(cnn2-c2ccccc2)c(=O)[nH]1. The summed E-state index contributed by atoms with van der Waals surface area (Å²) in [6.45, 7) is 0. The second-order valence-electron chi connectivity index (χ2n) is 5.02. The van der Waals surface area contributed by atoms with Gasteiger partial charge < -0.3 is 4.98 Å². The molecule has 4 rings (SSSR count). The molecule has 0 atom stereocenters. The predicted molar refractivity (Wildman–Crippen MR) is 87.8 cm³/mol. The molecule has 9 nitrogen and oxygen atoms in total. The van der Waals surface area contributed by atoms with Gasteiger partial charge in [0.1, 0.15) is 11.2 Å². The van der Waals surface area contributed by atoms with Crippen molar-refractivity contribution in [1.82, 2.24) is 40.0 Å². The number of hydrogen-bond donors (Lipinski definition) is 1. The number of aromatic nitrogens is 8. The van der Waals surface area contributed by atoms with Gasteiger partial charge in [0.2, 0.25) is 5.16 Å². The standard InChI is InChI=1S/C14H12N8OS/c1-21-14(18-19-20-21)24-8-11-16-12-10(13(23)17-11)7-15-22(12)9-5-3-2-4-6-9/h2-7H,8H2,1H3,(H,16,17,23). The van der Waals surface area contributed by atoms with Crippen LogP contribution in [0.15, 0.2) is 46.5 Å². The molecule has 0 aliphatic rings. The van der Waals surface area contributed by atoms with Gasteiger partial charge in [0, 0.05) is 7.05 Å². The van der Waals surface area contributed by atoms with E-state index in [1.165, 1.54) is 18.0 Å². The van der Waals surface area contributed by atoms with E-state index in [0.717, 1.165) is 5.69 Å². The van der Waals surface area contributed by atoms with Gasteiger partial charge in [0.25, 0.3) is 5.56 Å². The van der Waals surface area contributed by atoms with Crippen LogP contribution in [0.3, 0.4) is 0 Å². The van der Waals surface area contributed by atoms with E-state index >= 15 is 0 Å². The number of aryl methyl sites for hydroxylation is 1. The van der Waals surface area contributed by atoms with Crippen molar-refractivity contribution < 1.29 is 0 Å². The van der Waals surface area contributed by atoms with Gasteiger partial charge in [0.05, 0.1) is 17.6 Å². The number of fused-ring (bicyclic) bond motifs is 1. The van der Waals surface area contributed by atoms with Crippen molar-refractivity contribution >= 4 is 22.8 Å². The maximum atomic E-state index is 12.3. The smallest absolute Gasteiger partial charge is 0.262 e. The number of benzene rings is 1. The molecule has 0 bridgehead atoms. The molecule has 0 spiro atoms. The van der Waals surface area contributed by atoms with E-state index in [9.17, 15) is 4.79 Å². The first-order valence-electron chi connectivity index (χ1n) is 7.10. The van der Waals surface area contributed by atoms with Gasteiger partial charge in [-0.25, -0.2) is 14.3 Å². The average molecular weight is 340 g/mol. The number of rotatable bonds is 4. The molecule has 4 aromatic rings. The monoisotopic (exact) mass is 340 g/mol. The molecule has 0 amide bonds. The van der Waals surface area contributed by atoms with E-state index in [2.05, 4.69) is 30.6 Å². The zero-order valence-corrected chi connectivity index (χ0v) is 13.4. The van der Waals surface area contributed by atoms with Gasteiger partial charge >= 0.3 is 0 Å². The van der Waals surface area contributed by atoms with E-state index in [1.54, 1.807) is 16.4 Å². The molecule has 0 saturated heterocycles. The van der Waals surface area contributed by atoms with E-state index in [4.69, 9.17) is 0 Å². The van der Waals surface area contributed by atoms with E-state index < -0.39 is 0 Å². The summed E-state index contributed by atoms with van der Waals surface area (Å²) in [5.74, 6) is 0.984. The molecule has 0 aliphatic carbocycles. The Bertz CT molecular complexity index is 1050. The lowest BCUT2D eigenvalue weighted by Crippen LogP contribution is -2.12. The molecule has 24 heavy (non-hydrogen) atoms. The zero-order valence-electron chi connectivity index (χ0n) is 12.6. The molecule has 3 heterocycles. The second-order valence-corrected chi connectivity index (χ2v) is 5.96. The maximum absolute atomic E-state index is 12.3. The average Bonchev–Trinajstić information content (AvgIpc) is 3.20. The van der Waals surface area contributed by atoms with Gasteiger partial charge in [-0.05, 0) is 22.6 Å². The molecular formula is C14H12N8OS. The van der Waals surface area contributed by atoms with Crippen LogP contribution in [0.4, 0.5) is 0 Å². The highest BCUT2D eigenvalue weighted by molar-refractivity contribution is 7.98.